The van der Waals surface area contributed by atoms with Crippen LogP contribution in [0.2, 0.25) is 0 Å². The standard InChI is InChI=1S/C17H13N3O/c21-17-16-15(12-8-4-5-9-13(12)18-16)19-14(20-17)10-11-6-2-1-3-7-11/h1-9,18H,10H2,(H,19,20,21). The van der Waals surface area contributed by atoms with Crippen LogP contribution in [0.3, 0.4) is 0 Å². The van der Waals surface area contributed by atoms with Gasteiger partial charge < -0.3 is 9.97 Å². The molecule has 102 valence electrons. The van der Waals surface area contributed by atoms with Gasteiger partial charge in [0, 0.05) is 17.3 Å². The van der Waals surface area contributed by atoms with Crippen molar-refractivity contribution < 1.29 is 0 Å². The van der Waals surface area contributed by atoms with Crippen LogP contribution in [0.15, 0.2) is 59.4 Å². The molecule has 0 saturated heterocycles. The highest BCUT2D eigenvalue weighted by molar-refractivity contribution is 6.04. The van der Waals surface area contributed by atoms with E-state index < -0.39 is 0 Å². The maximum Gasteiger partial charge on any atom is 0.275 e. The smallest absolute Gasteiger partial charge is 0.275 e. The van der Waals surface area contributed by atoms with E-state index in [0.29, 0.717) is 17.8 Å². The van der Waals surface area contributed by atoms with Gasteiger partial charge in [0.05, 0.1) is 0 Å². The van der Waals surface area contributed by atoms with Crippen molar-refractivity contribution in [3.63, 3.8) is 0 Å². The molecule has 4 aromatic rings. The lowest BCUT2D eigenvalue weighted by Crippen LogP contribution is -2.12. The van der Waals surface area contributed by atoms with E-state index in [9.17, 15) is 4.79 Å². The molecule has 0 bridgehead atoms. The van der Waals surface area contributed by atoms with Crippen LogP contribution in [-0.2, 0) is 6.42 Å². The summed E-state index contributed by atoms with van der Waals surface area (Å²) in [5, 5.41) is 0.980. The molecule has 2 N–H and O–H groups in total. The molecule has 0 aliphatic heterocycles. The Kier molecular flexibility index (Phi) is 2.60. The zero-order valence-corrected chi connectivity index (χ0v) is 11.3. The maximum atomic E-state index is 12.2. The SMILES string of the molecule is O=c1[nH]c(Cc2ccccc2)nc2c1[nH]c1ccccc12. The van der Waals surface area contributed by atoms with Gasteiger partial charge in [0.2, 0.25) is 0 Å². The van der Waals surface area contributed by atoms with Crippen molar-refractivity contribution >= 4 is 21.9 Å². The minimum Gasteiger partial charge on any atom is -0.349 e. The van der Waals surface area contributed by atoms with Crippen LogP contribution in [0.5, 0.6) is 0 Å². The van der Waals surface area contributed by atoms with Gasteiger partial charge in [0.1, 0.15) is 16.9 Å². The number of hydrogen-bond donors (Lipinski definition) is 2. The molecule has 0 amide bonds. The molecule has 2 aromatic heterocycles. The van der Waals surface area contributed by atoms with Crippen LogP contribution < -0.4 is 5.56 Å². The molecule has 0 aliphatic rings. The van der Waals surface area contributed by atoms with Gasteiger partial charge in [-0.25, -0.2) is 4.98 Å². The van der Waals surface area contributed by atoms with Crippen molar-refractivity contribution in [3.8, 4) is 0 Å². The predicted octanol–water partition coefficient (Wildman–Crippen LogP) is 3.00. The second-order valence-corrected chi connectivity index (χ2v) is 5.07. The van der Waals surface area contributed by atoms with Crippen molar-refractivity contribution in [3.05, 3.63) is 76.3 Å². The topological polar surface area (TPSA) is 61.5 Å². The van der Waals surface area contributed by atoms with E-state index >= 15 is 0 Å². The summed E-state index contributed by atoms with van der Waals surface area (Å²) in [5.41, 5.74) is 3.21. The molecule has 21 heavy (non-hydrogen) atoms. The summed E-state index contributed by atoms with van der Waals surface area (Å²) >= 11 is 0. The first-order valence-corrected chi connectivity index (χ1v) is 6.85. The second-order valence-electron chi connectivity index (χ2n) is 5.07. The quantitative estimate of drug-likeness (QED) is 0.590. The van der Waals surface area contributed by atoms with Crippen molar-refractivity contribution in [2.24, 2.45) is 0 Å². The lowest BCUT2D eigenvalue weighted by molar-refractivity contribution is 0.972. The summed E-state index contributed by atoms with van der Waals surface area (Å²) in [6.07, 6.45) is 0.617. The van der Waals surface area contributed by atoms with Gasteiger partial charge in [-0.1, -0.05) is 48.5 Å². The van der Waals surface area contributed by atoms with Crippen LogP contribution >= 0.6 is 0 Å². The van der Waals surface area contributed by atoms with Gasteiger partial charge in [-0.2, -0.15) is 0 Å². The summed E-state index contributed by atoms with van der Waals surface area (Å²) in [6, 6.07) is 17.8. The number of aromatic amines is 2. The maximum absolute atomic E-state index is 12.2. The number of benzene rings is 2. The van der Waals surface area contributed by atoms with Crippen LogP contribution in [0.4, 0.5) is 0 Å². The first kappa shape index (κ1) is 11.9. The molecule has 0 aliphatic carbocycles. The van der Waals surface area contributed by atoms with Gasteiger partial charge in [-0.15, -0.1) is 0 Å². The van der Waals surface area contributed by atoms with E-state index in [1.165, 1.54) is 0 Å². The second kappa shape index (κ2) is 4.59. The Morgan fingerprint density at radius 1 is 0.905 bits per heavy atom. The summed E-state index contributed by atoms with van der Waals surface area (Å²) < 4.78 is 0. The molecular formula is C17H13N3O. The highest BCUT2D eigenvalue weighted by atomic mass is 16.1. The molecule has 0 spiro atoms. The van der Waals surface area contributed by atoms with E-state index in [1.807, 2.05) is 54.6 Å². The Bertz CT molecular complexity index is 983. The van der Waals surface area contributed by atoms with Gasteiger partial charge >= 0.3 is 0 Å². The molecule has 4 rings (SSSR count). The van der Waals surface area contributed by atoms with E-state index in [2.05, 4.69) is 15.0 Å². The Morgan fingerprint density at radius 2 is 1.67 bits per heavy atom. The average Bonchev–Trinajstić information content (AvgIpc) is 2.88. The Labute approximate surface area is 120 Å². The van der Waals surface area contributed by atoms with Gasteiger partial charge in [0.15, 0.2) is 0 Å². The minimum atomic E-state index is -0.123. The van der Waals surface area contributed by atoms with Crippen LogP contribution in [0.1, 0.15) is 11.4 Å². The number of para-hydroxylation sites is 1. The fourth-order valence-electron chi connectivity index (χ4n) is 2.64. The van der Waals surface area contributed by atoms with Crippen LogP contribution in [0.25, 0.3) is 21.9 Å². The predicted molar refractivity (Wildman–Crippen MR) is 83.5 cm³/mol. The van der Waals surface area contributed by atoms with Crippen molar-refractivity contribution in [1.82, 2.24) is 15.0 Å². The number of aromatic nitrogens is 3. The Morgan fingerprint density at radius 3 is 2.52 bits per heavy atom. The molecule has 2 aromatic carbocycles. The van der Waals surface area contributed by atoms with E-state index in [-0.39, 0.29) is 5.56 Å². The Hall–Kier alpha value is -2.88. The minimum absolute atomic E-state index is 0.123. The summed E-state index contributed by atoms with van der Waals surface area (Å²) in [4.78, 5) is 22.9. The van der Waals surface area contributed by atoms with Gasteiger partial charge in [-0.05, 0) is 11.6 Å². The number of rotatable bonds is 2. The van der Waals surface area contributed by atoms with Crippen LogP contribution in [0, 0.1) is 0 Å². The van der Waals surface area contributed by atoms with Gasteiger partial charge in [0.25, 0.3) is 5.56 Å². The third-order valence-electron chi connectivity index (χ3n) is 3.62. The molecule has 0 unspecified atom stereocenters. The van der Waals surface area contributed by atoms with Crippen molar-refractivity contribution in [2.45, 2.75) is 6.42 Å². The third-order valence-corrected chi connectivity index (χ3v) is 3.62. The van der Waals surface area contributed by atoms with E-state index in [0.717, 1.165) is 22.0 Å². The number of nitrogens with one attached hydrogen (secondary N) is 2. The fourth-order valence-corrected chi connectivity index (χ4v) is 2.64. The lowest BCUT2D eigenvalue weighted by Gasteiger charge is -2.01. The zero-order valence-electron chi connectivity index (χ0n) is 11.3. The van der Waals surface area contributed by atoms with E-state index in [1.54, 1.807) is 0 Å². The number of H-pyrrole nitrogens is 2. The summed E-state index contributed by atoms with van der Waals surface area (Å²) in [6.45, 7) is 0. The fraction of sp³-hybridized carbons (Fsp3) is 0.0588. The summed E-state index contributed by atoms with van der Waals surface area (Å²) in [5.74, 6) is 0.684. The molecule has 0 radical (unpaired) electrons. The highest BCUT2D eigenvalue weighted by Gasteiger charge is 2.10. The molecule has 4 nitrogen and oxygen atoms in total. The molecule has 4 heteroatoms. The number of fused-ring (bicyclic) bond motifs is 3. The van der Waals surface area contributed by atoms with Crippen molar-refractivity contribution in [1.29, 1.82) is 0 Å². The van der Waals surface area contributed by atoms with E-state index in [4.69, 9.17) is 0 Å². The molecular weight excluding hydrogens is 262 g/mol. The lowest BCUT2D eigenvalue weighted by atomic mass is 10.1. The number of hydrogen-bond acceptors (Lipinski definition) is 2. The third kappa shape index (κ3) is 2.01. The van der Waals surface area contributed by atoms with Crippen molar-refractivity contribution in [2.75, 3.05) is 0 Å². The molecule has 0 saturated carbocycles. The molecule has 0 atom stereocenters. The first-order valence-electron chi connectivity index (χ1n) is 6.85. The highest BCUT2D eigenvalue weighted by Crippen LogP contribution is 2.21. The Balaban J connectivity index is 1.91. The first-order chi connectivity index (χ1) is 10.3. The summed E-state index contributed by atoms with van der Waals surface area (Å²) in [7, 11) is 0. The van der Waals surface area contributed by atoms with Crippen LogP contribution in [-0.4, -0.2) is 15.0 Å². The largest absolute Gasteiger partial charge is 0.349 e. The molecule has 0 fully saturated rings. The molecule has 2 heterocycles. The normalized spacial score (nSPS) is 11.2. The van der Waals surface area contributed by atoms with Gasteiger partial charge in [-0.3, -0.25) is 4.79 Å². The monoisotopic (exact) mass is 275 g/mol. The zero-order chi connectivity index (χ0) is 14.2. The number of nitrogens with zero attached hydrogens (tertiary/aromatic N) is 1. The average molecular weight is 275 g/mol.